The van der Waals surface area contributed by atoms with E-state index in [4.69, 9.17) is 0 Å². The van der Waals surface area contributed by atoms with Crippen molar-refractivity contribution < 1.29 is 18.7 Å². The lowest BCUT2D eigenvalue weighted by Gasteiger charge is -2.20. The fourth-order valence-electron chi connectivity index (χ4n) is 2.28. The summed E-state index contributed by atoms with van der Waals surface area (Å²) in [5.41, 5.74) is 1.55. The van der Waals surface area contributed by atoms with Crippen molar-refractivity contribution in [1.29, 1.82) is 0 Å². The average Bonchev–Trinajstić information content (AvgIpc) is 3.02. The molecule has 0 spiro atoms. The predicted molar refractivity (Wildman–Crippen MR) is 86.4 cm³/mol. The van der Waals surface area contributed by atoms with Gasteiger partial charge in [-0.1, -0.05) is 6.07 Å². The lowest BCUT2D eigenvalue weighted by Crippen LogP contribution is -2.32. The van der Waals surface area contributed by atoms with Crippen LogP contribution in [-0.2, 0) is 6.54 Å². The Morgan fingerprint density at radius 1 is 1.25 bits per heavy atom. The van der Waals surface area contributed by atoms with E-state index in [0.717, 1.165) is 17.8 Å². The van der Waals surface area contributed by atoms with E-state index in [-0.39, 0.29) is 5.91 Å². The second-order valence-corrected chi connectivity index (χ2v) is 5.88. The minimum absolute atomic E-state index is 0.129. The Morgan fingerprint density at radius 2 is 1.96 bits per heavy atom. The zero-order valence-corrected chi connectivity index (χ0v) is 13.8. The predicted octanol–water partition coefficient (Wildman–Crippen LogP) is 2.21. The van der Waals surface area contributed by atoms with Crippen LogP contribution in [0.1, 0.15) is 34.8 Å². The molecule has 24 heavy (non-hydrogen) atoms. The fraction of sp³-hybridized carbons (Fsp3) is 0.353. The molecule has 0 saturated heterocycles. The molecule has 0 saturated carbocycles. The Labute approximate surface area is 139 Å². The largest absolute Gasteiger partial charge is 0.387 e. The fourth-order valence-corrected chi connectivity index (χ4v) is 2.28. The van der Waals surface area contributed by atoms with Crippen molar-refractivity contribution in [3.63, 3.8) is 0 Å². The molecule has 0 aliphatic rings. The molecule has 1 aromatic carbocycles. The summed E-state index contributed by atoms with van der Waals surface area (Å²) >= 11 is 0. The molecule has 2 aromatic rings. The number of hydrogen-bond acceptors (Lipinski definition) is 3. The average molecular weight is 337 g/mol. The highest BCUT2D eigenvalue weighted by molar-refractivity contribution is 5.92. The van der Waals surface area contributed by atoms with Crippen molar-refractivity contribution in [2.75, 3.05) is 14.1 Å². The molecule has 0 aliphatic heterocycles. The standard InChI is InChI=1S/C17H21F2N3O2/c1-10(16(23)11-4-6-13(18)14(19)8-11)20-9-12-5-7-15(21-12)17(24)22(2)3/h4-8,10,16,20-21,23H,9H2,1-3H3. The van der Waals surface area contributed by atoms with Gasteiger partial charge in [-0.25, -0.2) is 8.78 Å². The Kier molecular flexibility index (Phi) is 5.69. The minimum Gasteiger partial charge on any atom is -0.387 e. The van der Waals surface area contributed by atoms with Gasteiger partial charge in [0, 0.05) is 32.4 Å². The molecule has 1 aromatic heterocycles. The number of H-pyrrole nitrogens is 1. The van der Waals surface area contributed by atoms with Gasteiger partial charge >= 0.3 is 0 Å². The number of rotatable bonds is 6. The van der Waals surface area contributed by atoms with Crippen LogP contribution < -0.4 is 5.32 Å². The molecule has 5 nitrogen and oxygen atoms in total. The second kappa shape index (κ2) is 7.55. The van der Waals surface area contributed by atoms with Crippen molar-refractivity contribution >= 4 is 5.91 Å². The first kappa shape index (κ1) is 18.1. The van der Waals surface area contributed by atoms with Gasteiger partial charge in [0.05, 0.1) is 6.10 Å². The quantitative estimate of drug-likeness (QED) is 0.757. The normalized spacial score (nSPS) is 13.6. The zero-order chi connectivity index (χ0) is 17.9. The number of benzene rings is 1. The number of amides is 1. The maximum atomic E-state index is 13.2. The van der Waals surface area contributed by atoms with E-state index in [2.05, 4.69) is 10.3 Å². The van der Waals surface area contributed by atoms with Crippen molar-refractivity contribution in [2.45, 2.75) is 25.6 Å². The zero-order valence-electron chi connectivity index (χ0n) is 13.8. The molecule has 0 radical (unpaired) electrons. The molecular weight excluding hydrogens is 316 g/mol. The Morgan fingerprint density at radius 3 is 2.58 bits per heavy atom. The first-order valence-corrected chi connectivity index (χ1v) is 7.55. The van der Waals surface area contributed by atoms with Gasteiger partial charge in [-0.05, 0) is 36.8 Å². The number of hydrogen-bond donors (Lipinski definition) is 3. The van der Waals surface area contributed by atoms with E-state index in [0.29, 0.717) is 17.8 Å². The highest BCUT2D eigenvalue weighted by Crippen LogP contribution is 2.19. The molecule has 130 valence electrons. The van der Waals surface area contributed by atoms with Gasteiger partial charge in [0.15, 0.2) is 11.6 Å². The van der Waals surface area contributed by atoms with E-state index >= 15 is 0 Å². The highest BCUT2D eigenvalue weighted by atomic mass is 19.2. The summed E-state index contributed by atoms with van der Waals surface area (Å²) in [6.07, 6.45) is -0.988. The summed E-state index contributed by atoms with van der Waals surface area (Å²) in [5, 5.41) is 13.3. The monoisotopic (exact) mass is 337 g/mol. The van der Waals surface area contributed by atoms with E-state index in [1.807, 2.05) is 0 Å². The van der Waals surface area contributed by atoms with Gasteiger partial charge in [0.1, 0.15) is 5.69 Å². The van der Waals surface area contributed by atoms with Gasteiger partial charge in [0.2, 0.25) is 0 Å². The molecule has 2 atom stereocenters. The Bertz CT molecular complexity index is 716. The third-order valence-corrected chi connectivity index (χ3v) is 3.76. The van der Waals surface area contributed by atoms with Gasteiger partial charge in [-0.3, -0.25) is 4.79 Å². The van der Waals surface area contributed by atoms with Crippen LogP contribution in [-0.4, -0.2) is 41.0 Å². The van der Waals surface area contributed by atoms with E-state index in [9.17, 15) is 18.7 Å². The van der Waals surface area contributed by atoms with Crippen LogP contribution in [0.3, 0.4) is 0 Å². The topological polar surface area (TPSA) is 68.4 Å². The summed E-state index contributed by atoms with van der Waals surface area (Å²) in [7, 11) is 3.34. The molecule has 0 bridgehead atoms. The molecule has 1 heterocycles. The number of carbonyl (C=O) groups excluding carboxylic acids is 1. The molecule has 2 rings (SSSR count). The summed E-state index contributed by atoms with van der Waals surface area (Å²) in [4.78, 5) is 16.3. The summed E-state index contributed by atoms with van der Waals surface area (Å²) < 4.78 is 26.2. The van der Waals surface area contributed by atoms with Crippen molar-refractivity contribution in [3.8, 4) is 0 Å². The Balaban J connectivity index is 1.96. The number of nitrogens with one attached hydrogen (secondary N) is 2. The number of aromatic amines is 1. The van der Waals surface area contributed by atoms with Crippen molar-refractivity contribution in [3.05, 3.63) is 58.9 Å². The molecule has 2 unspecified atom stereocenters. The van der Waals surface area contributed by atoms with Crippen LogP contribution in [0.2, 0.25) is 0 Å². The van der Waals surface area contributed by atoms with Gasteiger partial charge in [-0.15, -0.1) is 0 Å². The first-order chi connectivity index (χ1) is 11.3. The van der Waals surface area contributed by atoms with Gasteiger partial charge in [0.25, 0.3) is 5.91 Å². The maximum absolute atomic E-state index is 13.2. The minimum atomic E-state index is -0.991. The van der Waals surface area contributed by atoms with E-state index < -0.39 is 23.8 Å². The molecular formula is C17H21F2N3O2. The molecule has 0 aliphatic carbocycles. The second-order valence-electron chi connectivity index (χ2n) is 5.88. The molecule has 7 heteroatoms. The lowest BCUT2D eigenvalue weighted by molar-refractivity contribution is 0.0822. The summed E-state index contributed by atoms with van der Waals surface area (Å²) in [6.45, 7) is 2.13. The number of aliphatic hydroxyl groups is 1. The number of aromatic nitrogens is 1. The van der Waals surface area contributed by atoms with Gasteiger partial charge < -0.3 is 20.3 Å². The van der Waals surface area contributed by atoms with Crippen LogP contribution in [0.4, 0.5) is 8.78 Å². The van der Waals surface area contributed by atoms with E-state index in [1.165, 1.54) is 11.0 Å². The third kappa shape index (κ3) is 4.18. The third-order valence-electron chi connectivity index (χ3n) is 3.76. The number of carbonyl (C=O) groups is 1. The molecule has 0 fully saturated rings. The SMILES string of the molecule is CC(NCc1ccc(C(=O)N(C)C)[nH]1)C(O)c1ccc(F)c(F)c1. The van der Waals surface area contributed by atoms with Crippen LogP contribution >= 0.6 is 0 Å². The maximum Gasteiger partial charge on any atom is 0.269 e. The smallest absolute Gasteiger partial charge is 0.269 e. The van der Waals surface area contributed by atoms with Crippen molar-refractivity contribution in [1.82, 2.24) is 15.2 Å². The summed E-state index contributed by atoms with van der Waals surface area (Å²) in [6, 6.07) is 6.40. The molecule has 1 amide bonds. The van der Waals surface area contributed by atoms with E-state index in [1.54, 1.807) is 33.2 Å². The van der Waals surface area contributed by atoms with Crippen molar-refractivity contribution in [2.24, 2.45) is 0 Å². The first-order valence-electron chi connectivity index (χ1n) is 7.55. The lowest BCUT2D eigenvalue weighted by atomic mass is 10.0. The number of aliphatic hydroxyl groups excluding tert-OH is 1. The van der Waals surface area contributed by atoms with Crippen LogP contribution in [0.25, 0.3) is 0 Å². The Hall–Kier alpha value is -2.25. The summed E-state index contributed by atoms with van der Waals surface area (Å²) in [5.74, 6) is -2.07. The van der Waals surface area contributed by atoms with Crippen LogP contribution in [0, 0.1) is 11.6 Å². The number of nitrogens with zero attached hydrogens (tertiary/aromatic N) is 1. The highest BCUT2D eigenvalue weighted by Gasteiger charge is 2.18. The molecule has 3 N–H and O–H groups in total. The van der Waals surface area contributed by atoms with Gasteiger partial charge in [-0.2, -0.15) is 0 Å². The van der Waals surface area contributed by atoms with Crippen LogP contribution in [0.15, 0.2) is 30.3 Å². The van der Waals surface area contributed by atoms with Crippen LogP contribution in [0.5, 0.6) is 0 Å². The number of halogens is 2.